The lowest BCUT2D eigenvalue weighted by Crippen LogP contribution is -2.58. The maximum atomic E-state index is 12.2. The van der Waals surface area contributed by atoms with Crippen LogP contribution in [0.2, 0.25) is 0 Å². The van der Waals surface area contributed by atoms with Crippen molar-refractivity contribution in [1.29, 1.82) is 0 Å². The summed E-state index contributed by atoms with van der Waals surface area (Å²) in [6.07, 6.45) is 9.69. The first-order chi connectivity index (χ1) is 22.7. The molecule has 2 saturated heterocycles. The number of ether oxygens (including phenoxy) is 1. The molecule has 2 aromatic carbocycles. The van der Waals surface area contributed by atoms with Crippen LogP contribution in [-0.2, 0) is 17.4 Å². The first-order valence-electron chi connectivity index (χ1n) is 16.1. The van der Waals surface area contributed by atoms with Crippen LogP contribution >= 0.6 is 15.9 Å². The Morgan fingerprint density at radius 3 is 2.49 bits per heavy atom. The van der Waals surface area contributed by atoms with Crippen molar-refractivity contribution in [3.8, 4) is 5.75 Å². The summed E-state index contributed by atoms with van der Waals surface area (Å²) in [7, 11) is 0.363. The Morgan fingerprint density at radius 2 is 1.79 bits per heavy atom. The summed E-state index contributed by atoms with van der Waals surface area (Å²) in [5.41, 5.74) is 5.77. The van der Waals surface area contributed by atoms with Gasteiger partial charge in [-0.15, -0.1) is 0 Å². The number of piperidine rings is 1. The van der Waals surface area contributed by atoms with E-state index >= 15 is 0 Å². The van der Waals surface area contributed by atoms with Crippen LogP contribution in [0.1, 0.15) is 39.2 Å². The number of aromatic nitrogens is 4. The number of hydrogen-bond acceptors (Lipinski definition) is 11. The number of aryl methyl sites for hydroxylation is 1. The average molecular weight is 724 g/mol. The minimum atomic E-state index is -1.33. The summed E-state index contributed by atoms with van der Waals surface area (Å²) < 4.78 is 21.7. The lowest BCUT2D eigenvalue weighted by atomic mass is 9.98. The molecule has 4 aromatic rings. The molecule has 0 amide bonds. The second kappa shape index (κ2) is 14.7. The third-order valence-corrected chi connectivity index (χ3v) is 9.89. The zero-order chi connectivity index (χ0) is 33.1. The zero-order valence-corrected chi connectivity index (χ0v) is 29.9. The number of anilines is 6. The van der Waals surface area contributed by atoms with Crippen LogP contribution in [0.5, 0.6) is 5.75 Å². The molecule has 2 fully saturated rings. The summed E-state index contributed by atoms with van der Waals surface area (Å²) in [6.45, 7) is 11.0. The highest BCUT2D eigenvalue weighted by atomic mass is 79.9. The average Bonchev–Trinajstić information content (AvgIpc) is 3.06. The molecule has 2 aliphatic rings. The molecule has 0 saturated carbocycles. The van der Waals surface area contributed by atoms with Crippen molar-refractivity contribution in [2.45, 2.75) is 58.2 Å². The summed E-state index contributed by atoms with van der Waals surface area (Å²) in [5, 5.41) is 10.4. The van der Waals surface area contributed by atoms with Gasteiger partial charge in [-0.05, 0) is 72.8 Å². The van der Waals surface area contributed by atoms with Gasteiger partial charge in [-0.1, -0.05) is 6.92 Å². The number of piperazine rings is 1. The molecule has 2 aromatic heterocycles. The first-order valence-corrected chi connectivity index (χ1v) is 18.4. The summed E-state index contributed by atoms with van der Waals surface area (Å²) in [4.78, 5) is 23.3. The molecular formula is C33H43BrN10O2S. The smallest absolute Gasteiger partial charge is 0.229 e. The zero-order valence-electron chi connectivity index (χ0n) is 27.5. The summed E-state index contributed by atoms with van der Waals surface area (Å²) in [5.74, 6) is 1.66. The fourth-order valence-corrected chi connectivity index (χ4v) is 7.53. The summed E-state index contributed by atoms with van der Waals surface area (Å²) in [6, 6.07) is 9.71. The van der Waals surface area contributed by atoms with E-state index in [4.69, 9.17) is 9.72 Å². The van der Waals surface area contributed by atoms with E-state index in [9.17, 15) is 4.21 Å². The van der Waals surface area contributed by atoms with Gasteiger partial charge in [-0.25, -0.2) is 9.19 Å². The van der Waals surface area contributed by atoms with Crippen molar-refractivity contribution in [1.82, 2.24) is 30.2 Å². The third-order valence-electron chi connectivity index (χ3n) is 8.82. The van der Waals surface area contributed by atoms with Gasteiger partial charge in [0, 0.05) is 80.9 Å². The number of methoxy groups -OCH3 is 1. The highest BCUT2D eigenvalue weighted by molar-refractivity contribution is 9.10. The maximum absolute atomic E-state index is 12.2. The van der Waals surface area contributed by atoms with E-state index in [2.05, 4.69) is 94.3 Å². The van der Waals surface area contributed by atoms with Crippen LogP contribution < -0.4 is 30.3 Å². The highest BCUT2D eigenvalue weighted by Gasteiger charge is 2.30. The van der Waals surface area contributed by atoms with Gasteiger partial charge in [0.05, 0.1) is 34.2 Å². The standard InChI is InChI=1S/C33H43BrN10O2S/c1-6-22-15-27(29(46-4)16-28(22)43-13-9-23(10-14-43)44-18-20(2)38-21(3)19-44)40-33-37-17-24(34)32(41-33)39-26-8-7-25-30(36-12-11-35-25)31(26)42-47(5)45/h7-8,11-12,15-17,20-21,23,38,42H,6,9-10,13-14,18-19H2,1-5H3,(H2,37,39,40,41). The Morgan fingerprint density at radius 1 is 1.04 bits per heavy atom. The number of hydrogen-bond donors (Lipinski definition) is 4. The molecule has 12 nitrogen and oxygen atoms in total. The molecule has 0 bridgehead atoms. The molecule has 0 aliphatic carbocycles. The fraction of sp³-hybridized carbons (Fsp3) is 0.455. The quantitative estimate of drug-likeness (QED) is 0.163. The second-order valence-electron chi connectivity index (χ2n) is 12.3. The summed E-state index contributed by atoms with van der Waals surface area (Å²) >= 11 is 3.58. The topological polar surface area (TPSA) is 132 Å². The van der Waals surface area contributed by atoms with Gasteiger partial charge in [-0.2, -0.15) is 4.98 Å². The number of rotatable bonds is 10. The molecule has 2 aliphatic heterocycles. The Kier molecular flexibility index (Phi) is 10.4. The van der Waals surface area contributed by atoms with E-state index in [1.807, 2.05) is 12.1 Å². The molecule has 0 spiro atoms. The van der Waals surface area contributed by atoms with Crippen LogP contribution in [-0.4, -0.2) is 86.7 Å². The lowest BCUT2D eigenvalue weighted by Gasteiger charge is -2.44. The first kappa shape index (κ1) is 33.3. The third kappa shape index (κ3) is 7.61. The monoisotopic (exact) mass is 722 g/mol. The van der Waals surface area contributed by atoms with Crippen LogP contribution in [0.3, 0.4) is 0 Å². The molecule has 0 radical (unpaired) electrons. The molecule has 47 heavy (non-hydrogen) atoms. The van der Waals surface area contributed by atoms with Gasteiger partial charge in [0.1, 0.15) is 28.1 Å². The maximum Gasteiger partial charge on any atom is 0.229 e. The van der Waals surface area contributed by atoms with E-state index in [0.29, 0.717) is 56.8 Å². The van der Waals surface area contributed by atoms with Gasteiger partial charge >= 0.3 is 0 Å². The largest absolute Gasteiger partial charge is 0.494 e. The number of fused-ring (bicyclic) bond motifs is 1. The Balaban J connectivity index is 1.21. The van der Waals surface area contributed by atoms with E-state index < -0.39 is 11.0 Å². The number of nitrogens with one attached hydrogen (secondary N) is 4. The van der Waals surface area contributed by atoms with Crippen molar-refractivity contribution in [2.75, 3.05) is 59.8 Å². The minimum Gasteiger partial charge on any atom is -0.494 e. The number of nitrogens with zero attached hydrogens (tertiary/aromatic N) is 6. The van der Waals surface area contributed by atoms with E-state index in [1.54, 1.807) is 32.0 Å². The predicted octanol–water partition coefficient (Wildman–Crippen LogP) is 5.60. The SMILES string of the molecule is CCc1cc(Nc2ncc(Br)c(Nc3ccc4nccnc4c3NS(C)=O)n2)c(OC)cc1N1CCC(N2CC(C)NC(C)C2)CC1. The van der Waals surface area contributed by atoms with Crippen LogP contribution in [0.4, 0.5) is 34.5 Å². The Hall–Kier alpha value is -3.59. The highest BCUT2D eigenvalue weighted by Crippen LogP contribution is 2.38. The van der Waals surface area contributed by atoms with Gasteiger partial charge in [0.15, 0.2) is 0 Å². The van der Waals surface area contributed by atoms with Crippen LogP contribution in [0.25, 0.3) is 11.0 Å². The van der Waals surface area contributed by atoms with Gasteiger partial charge in [-0.3, -0.25) is 14.9 Å². The minimum absolute atomic E-state index is 0.401. The van der Waals surface area contributed by atoms with Crippen LogP contribution in [0, 0.1) is 0 Å². The van der Waals surface area contributed by atoms with Crippen molar-refractivity contribution in [3.63, 3.8) is 0 Å². The molecule has 250 valence electrons. The van der Waals surface area contributed by atoms with Crippen molar-refractivity contribution in [3.05, 3.63) is 52.9 Å². The van der Waals surface area contributed by atoms with Crippen molar-refractivity contribution in [2.24, 2.45) is 0 Å². The fourth-order valence-electron chi connectivity index (χ4n) is 6.75. The molecule has 14 heteroatoms. The normalized spacial score (nSPS) is 19.8. The van der Waals surface area contributed by atoms with Crippen molar-refractivity contribution >= 4 is 72.5 Å². The van der Waals surface area contributed by atoms with E-state index in [1.165, 1.54) is 11.3 Å². The molecule has 6 rings (SSSR count). The van der Waals surface area contributed by atoms with Gasteiger partial charge in [0.25, 0.3) is 0 Å². The van der Waals surface area contributed by atoms with Crippen LogP contribution in [0.15, 0.2) is 47.3 Å². The van der Waals surface area contributed by atoms with Gasteiger partial charge < -0.3 is 30.3 Å². The molecule has 3 atom stereocenters. The van der Waals surface area contributed by atoms with E-state index in [-0.39, 0.29) is 0 Å². The number of halogens is 1. The number of benzene rings is 2. The molecule has 3 unspecified atom stereocenters. The molecule has 4 heterocycles. The Bertz CT molecular complexity index is 1740. The Labute approximate surface area is 287 Å². The predicted molar refractivity (Wildman–Crippen MR) is 195 cm³/mol. The second-order valence-corrected chi connectivity index (χ2v) is 14.3. The molecule has 4 N–H and O–H groups in total. The van der Waals surface area contributed by atoms with E-state index in [0.717, 1.165) is 56.9 Å². The van der Waals surface area contributed by atoms with Gasteiger partial charge in [0.2, 0.25) is 5.95 Å². The van der Waals surface area contributed by atoms with Crippen molar-refractivity contribution < 1.29 is 8.95 Å². The lowest BCUT2D eigenvalue weighted by molar-refractivity contribution is 0.107. The molecular weight excluding hydrogens is 680 g/mol.